The summed E-state index contributed by atoms with van der Waals surface area (Å²) in [6.07, 6.45) is 2.69. The van der Waals surface area contributed by atoms with Gasteiger partial charge >= 0.3 is 0 Å². The lowest BCUT2D eigenvalue weighted by molar-refractivity contribution is 0.141. The molecule has 0 saturated carbocycles. The zero-order valence-electron chi connectivity index (χ0n) is 10.3. The van der Waals surface area contributed by atoms with Crippen LogP contribution in [0.25, 0.3) is 10.9 Å². The first-order chi connectivity index (χ1) is 8.92. The molecule has 0 aliphatic heterocycles. The van der Waals surface area contributed by atoms with Crippen LogP contribution in [-0.4, -0.2) is 36.5 Å². The highest BCUT2D eigenvalue weighted by Gasteiger charge is 2.00. The number of ether oxygens (including phenoxy) is 1. The van der Waals surface area contributed by atoms with Gasteiger partial charge in [0, 0.05) is 25.1 Å². The Morgan fingerprint density at radius 3 is 3.00 bits per heavy atom. The summed E-state index contributed by atoms with van der Waals surface area (Å²) >= 11 is 0. The van der Waals surface area contributed by atoms with Gasteiger partial charge in [-0.25, -0.2) is 0 Å². The van der Waals surface area contributed by atoms with Gasteiger partial charge in [-0.15, -0.1) is 0 Å². The summed E-state index contributed by atoms with van der Waals surface area (Å²) < 4.78 is 5.32. The van der Waals surface area contributed by atoms with Crippen LogP contribution in [0.5, 0.6) is 0 Å². The molecule has 0 unspecified atom stereocenters. The Morgan fingerprint density at radius 1 is 1.22 bits per heavy atom. The first kappa shape index (κ1) is 12.7. The average molecular weight is 246 g/mol. The second kappa shape index (κ2) is 6.88. The summed E-state index contributed by atoms with van der Waals surface area (Å²) in [4.78, 5) is 0. The molecule has 1 aromatic heterocycles. The van der Waals surface area contributed by atoms with Crippen molar-refractivity contribution >= 4 is 16.6 Å². The topological polar surface area (TPSA) is 73.1 Å². The summed E-state index contributed by atoms with van der Waals surface area (Å²) in [7, 11) is 0. The van der Waals surface area contributed by atoms with Crippen LogP contribution in [0.4, 0.5) is 5.69 Å². The van der Waals surface area contributed by atoms with Crippen LogP contribution in [0.2, 0.25) is 0 Å². The average Bonchev–Trinajstić information content (AvgIpc) is 2.43. The van der Waals surface area contributed by atoms with Crippen molar-refractivity contribution in [3.63, 3.8) is 0 Å². The molecule has 0 radical (unpaired) electrons. The lowest BCUT2D eigenvalue weighted by atomic mass is 10.2. The molecular formula is C13H18N4O. The van der Waals surface area contributed by atoms with Crippen LogP contribution in [0.1, 0.15) is 6.42 Å². The molecule has 0 saturated heterocycles. The van der Waals surface area contributed by atoms with Crippen molar-refractivity contribution in [2.75, 3.05) is 31.6 Å². The molecule has 0 bridgehead atoms. The maximum atomic E-state index is 5.34. The van der Waals surface area contributed by atoms with Crippen LogP contribution in [0, 0.1) is 0 Å². The molecule has 5 nitrogen and oxygen atoms in total. The lowest BCUT2D eigenvalue weighted by Crippen LogP contribution is -2.11. The number of nitrogens with two attached hydrogens (primary N) is 1. The van der Waals surface area contributed by atoms with Gasteiger partial charge in [0.25, 0.3) is 0 Å². The van der Waals surface area contributed by atoms with Gasteiger partial charge in [-0.05, 0) is 12.5 Å². The molecule has 2 rings (SSSR count). The van der Waals surface area contributed by atoms with Crippen molar-refractivity contribution < 1.29 is 4.74 Å². The molecule has 0 amide bonds. The molecule has 2 aromatic rings. The summed E-state index contributed by atoms with van der Waals surface area (Å²) in [6, 6.07) is 7.95. The second-order valence-electron chi connectivity index (χ2n) is 3.96. The molecule has 0 atom stereocenters. The highest BCUT2D eigenvalue weighted by atomic mass is 16.5. The summed E-state index contributed by atoms with van der Waals surface area (Å²) in [5.74, 6) is 0. The van der Waals surface area contributed by atoms with E-state index in [1.807, 2.05) is 24.3 Å². The normalized spacial score (nSPS) is 10.7. The zero-order valence-corrected chi connectivity index (χ0v) is 10.3. The quantitative estimate of drug-likeness (QED) is 0.723. The smallest absolute Gasteiger partial charge is 0.0950 e. The maximum Gasteiger partial charge on any atom is 0.0950 e. The summed E-state index contributed by atoms with van der Waals surface area (Å²) in [6.45, 7) is 2.77. The summed E-state index contributed by atoms with van der Waals surface area (Å²) in [5.41, 5.74) is 7.26. The van der Waals surface area contributed by atoms with E-state index in [1.54, 1.807) is 6.20 Å². The van der Waals surface area contributed by atoms with Gasteiger partial charge < -0.3 is 15.8 Å². The maximum absolute atomic E-state index is 5.34. The predicted octanol–water partition coefficient (Wildman–Crippen LogP) is 1.41. The van der Waals surface area contributed by atoms with Gasteiger partial charge in [-0.2, -0.15) is 10.2 Å². The van der Waals surface area contributed by atoms with Gasteiger partial charge in [0.1, 0.15) is 0 Å². The number of fused-ring (bicyclic) bond motifs is 1. The zero-order chi connectivity index (χ0) is 12.6. The Hall–Kier alpha value is -1.72. The largest absolute Gasteiger partial charge is 0.383 e. The molecular weight excluding hydrogens is 228 g/mol. The molecule has 3 N–H and O–H groups in total. The Morgan fingerprint density at radius 2 is 2.11 bits per heavy atom. The van der Waals surface area contributed by atoms with Crippen molar-refractivity contribution in [2.45, 2.75) is 6.42 Å². The SMILES string of the molecule is NCCOCCCNc1cnnc2ccccc12. The van der Waals surface area contributed by atoms with Gasteiger partial charge in [0.15, 0.2) is 0 Å². The van der Waals surface area contributed by atoms with E-state index in [4.69, 9.17) is 10.5 Å². The van der Waals surface area contributed by atoms with Crippen molar-refractivity contribution in [2.24, 2.45) is 5.73 Å². The number of nitrogens with zero attached hydrogens (tertiary/aromatic N) is 2. The molecule has 5 heteroatoms. The Labute approximate surface area is 106 Å². The Bertz CT molecular complexity index is 484. The van der Waals surface area contributed by atoms with E-state index >= 15 is 0 Å². The van der Waals surface area contributed by atoms with Crippen LogP contribution < -0.4 is 11.1 Å². The number of aromatic nitrogens is 2. The third-order valence-electron chi connectivity index (χ3n) is 2.59. The number of rotatable bonds is 7. The fourth-order valence-corrected chi connectivity index (χ4v) is 1.73. The Balaban J connectivity index is 1.88. The van der Waals surface area contributed by atoms with Crippen LogP contribution in [-0.2, 0) is 4.74 Å². The molecule has 0 spiro atoms. The number of benzene rings is 1. The third kappa shape index (κ3) is 3.38. The van der Waals surface area contributed by atoms with E-state index in [0.717, 1.165) is 36.2 Å². The molecule has 96 valence electrons. The first-order valence-electron chi connectivity index (χ1n) is 6.14. The highest BCUT2D eigenvalue weighted by Crippen LogP contribution is 2.19. The van der Waals surface area contributed by atoms with Crippen molar-refractivity contribution in [3.8, 4) is 0 Å². The van der Waals surface area contributed by atoms with Crippen LogP contribution in [0.15, 0.2) is 30.5 Å². The third-order valence-corrected chi connectivity index (χ3v) is 2.59. The predicted molar refractivity (Wildman–Crippen MR) is 72.5 cm³/mol. The minimum absolute atomic E-state index is 0.576. The van der Waals surface area contributed by atoms with Crippen LogP contribution in [0.3, 0.4) is 0 Å². The molecule has 0 fully saturated rings. The lowest BCUT2D eigenvalue weighted by Gasteiger charge is -2.08. The molecule has 1 aromatic carbocycles. The van der Waals surface area contributed by atoms with E-state index in [0.29, 0.717) is 13.2 Å². The number of hydrogen-bond acceptors (Lipinski definition) is 5. The van der Waals surface area contributed by atoms with E-state index in [-0.39, 0.29) is 0 Å². The van der Waals surface area contributed by atoms with E-state index < -0.39 is 0 Å². The Kier molecular flexibility index (Phi) is 4.87. The molecule has 18 heavy (non-hydrogen) atoms. The van der Waals surface area contributed by atoms with Crippen molar-refractivity contribution in [1.82, 2.24) is 10.2 Å². The van der Waals surface area contributed by atoms with E-state index in [1.165, 1.54) is 0 Å². The number of hydrogen-bond donors (Lipinski definition) is 2. The molecule has 1 heterocycles. The number of nitrogens with one attached hydrogen (secondary N) is 1. The second-order valence-corrected chi connectivity index (χ2v) is 3.96. The highest BCUT2D eigenvalue weighted by molar-refractivity contribution is 5.90. The fourth-order valence-electron chi connectivity index (χ4n) is 1.73. The van der Waals surface area contributed by atoms with Gasteiger partial charge in [-0.1, -0.05) is 18.2 Å². The van der Waals surface area contributed by atoms with Crippen molar-refractivity contribution in [1.29, 1.82) is 0 Å². The van der Waals surface area contributed by atoms with Gasteiger partial charge in [-0.3, -0.25) is 0 Å². The van der Waals surface area contributed by atoms with E-state index in [2.05, 4.69) is 15.5 Å². The number of anilines is 1. The summed E-state index contributed by atoms with van der Waals surface area (Å²) in [5, 5.41) is 12.5. The monoisotopic (exact) mass is 246 g/mol. The minimum Gasteiger partial charge on any atom is -0.383 e. The van der Waals surface area contributed by atoms with Gasteiger partial charge in [0.2, 0.25) is 0 Å². The molecule has 0 aliphatic rings. The minimum atomic E-state index is 0.576. The van der Waals surface area contributed by atoms with Crippen LogP contribution >= 0.6 is 0 Å². The first-order valence-corrected chi connectivity index (χ1v) is 6.14. The fraction of sp³-hybridized carbons (Fsp3) is 0.385. The van der Waals surface area contributed by atoms with Gasteiger partial charge in [0.05, 0.1) is 24.0 Å². The van der Waals surface area contributed by atoms with E-state index in [9.17, 15) is 0 Å². The van der Waals surface area contributed by atoms with Crippen molar-refractivity contribution in [3.05, 3.63) is 30.5 Å². The standard InChI is InChI=1S/C13H18N4O/c14-6-9-18-8-3-7-15-13-10-16-17-12-5-2-1-4-11(12)13/h1-2,4-5,10H,3,6-9,14H2,(H,15,17). The molecule has 0 aliphatic carbocycles.